The maximum absolute atomic E-state index is 4.81. The summed E-state index contributed by atoms with van der Waals surface area (Å²) in [4.78, 5) is 7.15. The van der Waals surface area contributed by atoms with Crippen LogP contribution < -0.4 is 4.90 Å². The van der Waals surface area contributed by atoms with Crippen LogP contribution in [0.1, 0.15) is 13.8 Å². The quantitative estimate of drug-likeness (QED) is 0.539. The maximum atomic E-state index is 4.81. The first-order chi connectivity index (χ1) is 12.3. The van der Waals surface area contributed by atoms with E-state index in [1.807, 2.05) is 18.2 Å². The Morgan fingerprint density at radius 2 is 1.76 bits per heavy atom. The first-order valence-corrected chi connectivity index (χ1v) is 9.42. The number of thiazole rings is 1. The lowest BCUT2D eigenvalue weighted by molar-refractivity contribution is 0.866. The second-order valence-electron chi connectivity index (χ2n) is 5.87. The number of nitrogens with zero attached hydrogens (tertiary/aromatic N) is 3. The van der Waals surface area contributed by atoms with Crippen LogP contribution in [0.15, 0.2) is 53.9 Å². The van der Waals surface area contributed by atoms with Crippen LogP contribution in [-0.2, 0) is 0 Å². The molecule has 2 aromatic carbocycles. The molecule has 4 aromatic rings. The van der Waals surface area contributed by atoms with Crippen LogP contribution in [0.4, 0.5) is 5.69 Å². The molecule has 0 aliphatic rings. The van der Waals surface area contributed by atoms with Crippen molar-refractivity contribution in [2.75, 3.05) is 18.0 Å². The molecule has 0 bridgehead atoms. The van der Waals surface area contributed by atoms with E-state index in [0.29, 0.717) is 0 Å². The van der Waals surface area contributed by atoms with Gasteiger partial charge in [-0.05, 0) is 32.0 Å². The molecule has 0 saturated carbocycles. The van der Waals surface area contributed by atoms with E-state index in [1.165, 1.54) is 5.69 Å². The first kappa shape index (κ1) is 15.8. The van der Waals surface area contributed by atoms with Crippen LogP contribution in [0.25, 0.3) is 32.9 Å². The number of hydrogen-bond donors (Lipinski definition) is 1. The third-order valence-corrected chi connectivity index (χ3v) is 5.32. The third kappa shape index (κ3) is 2.91. The van der Waals surface area contributed by atoms with Crippen LogP contribution in [0, 0.1) is 0 Å². The molecule has 0 aliphatic carbocycles. The van der Waals surface area contributed by atoms with Gasteiger partial charge in [0, 0.05) is 35.1 Å². The number of para-hydroxylation sites is 1. The van der Waals surface area contributed by atoms with Gasteiger partial charge in [0.2, 0.25) is 0 Å². The first-order valence-electron chi connectivity index (χ1n) is 8.54. The van der Waals surface area contributed by atoms with Crippen LogP contribution in [0.5, 0.6) is 0 Å². The number of anilines is 1. The maximum Gasteiger partial charge on any atom is 0.145 e. The molecule has 0 radical (unpaired) electrons. The SMILES string of the molecule is CCN(CC)c1ccc(-c2csc(-c3n[nH]c4ccccc34)n2)cc1. The van der Waals surface area contributed by atoms with Crippen LogP contribution in [-0.4, -0.2) is 28.3 Å². The van der Waals surface area contributed by atoms with E-state index in [2.05, 4.69) is 64.7 Å². The molecule has 0 spiro atoms. The molecule has 0 saturated heterocycles. The lowest BCUT2D eigenvalue weighted by atomic mass is 10.1. The summed E-state index contributed by atoms with van der Waals surface area (Å²) in [6.45, 7) is 6.39. The number of fused-ring (bicyclic) bond motifs is 1. The van der Waals surface area contributed by atoms with Crippen molar-refractivity contribution in [1.29, 1.82) is 0 Å². The van der Waals surface area contributed by atoms with Crippen molar-refractivity contribution in [3.05, 3.63) is 53.9 Å². The summed E-state index contributed by atoms with van der Waals surface area (Å²) in [5.74, 6) is 0. The van der Waals surface area contributed by atoms with Crippen molar-refractivity contribution >= 4 is 27.9 Å². The Kier molecular flexibility index (Phi) is 4.24. The monoisotopic (exact) mass is 348 g/mol. The Labute approximate surface area is 151 Å². The van der Waals surface area contributed by atoms with Gasteiger partial charge in [0.1, 0.15) is 10.7 Å². The van der Waals surface area contributed by atoms with Gasteiger partial charge < -0.3 is 4.90 Å². The minimum atomic E-state index is 0.923. The van der Waals surface area contributed by atoms with Gasteiger partial charge in [0.25, 0.3) is 0 Å². The highest BCUT2D eigenvalue weighted by Gasteiger charge is 2.13. The van der Waals surface area contributed by atoms with E-state index in [-0.39, 0.29) is 0 Å². The molecule has 4 nitrogen and oxygen atoms in total. The molecule has 0 unspecified atom stereocenters. The van der Waals surface area contributed by atoms with Gasteiger partial charge in [-0.1, -0.05) is 30.3 Å². The molecule has 0 atom stereocenters. The molecule has 0 amide bonds. The Morgan fingerprint density at radius 3 is 2.52 bits per heavy atom. The Morgan fingerprint density at radius 1 is 1.00 bits per heavy atom. The number of hydrogen-bond acceptors (Lipinski definition) is 4. The highest BCUT2D eigenvalue weighted by Crippen LogP contribution is 2.32. The molecule has 2 aromatic heterocycles. The van der Waals surface area contributed by atoms with E-state index < -0.39 is 0 Å². The number of aromatic amines is 1. The second-order valence-corrected chi connectivity index (χ2v) is 6.73. The summed E-state index contributed by atoms with van der Waals surface area (Å²) >= 11 is 1.63. The summed E-state index contributed by atoms with van der Waals surface area (Å²) in [6.07, 6.45) is 0. The molecular weight excluding hydrogens is 328 g/mol. The molecule has 0 fully saturated rings. The van der Waals surface area contributed by atoms with Gasteiger partial charge in [0.15, 0.2) is 0 Å². The average Bonchev–Trinajstić information content (AvgIpc) is 3.30. The normalized spacial score (nSPS) is 11.1. The topological polar surface area (TPSA) is 44.8 Å². The lowest BCUT2D eigenvalue weighted by Crippen LogP contribution is -2.21. The Balaban J connectivity index is 1.65. The standard InChI is InChI=1S/C20H20N4S/c1-3-24(4-2)15-11-9-14(10-12-15)18-13-25-20(21-18)19-16-7-5-6-8-17(16)22-23-19/h5-13H,3-4H2,1-2H3,(H,22,23). The predicted molar refractivity (Wildman–Crippen MR) is 106 cm³/mol. The molecule has 0 aliphatic heterocycles. The lowest BCUT2D eigenvalue weighted by Gasteiger charge is -2.20. The molecule has 1 N–H and O–H groups in total. The Bertz CT molecular complexity index is 980. The zero-order valence-corrected chi connectivity index (χ0v) is 15.2. The number of H-pyrrole nitrogens is 1. The van der Waals surface area contributed by atoms with Crippen molar-refractivity contribution in [2.45, 2.75) is 13.8 Å². The van der Waals surface area contributed by atoms with Crippen molar-refractivity contribution in [3.63, 3.8) is 0 Å². The smallest absolute Gasteiger partial charge is 0.145 e. The zero-order valence-electron chi connectivity index (χ0n) is 14.4. The minimum absolute atomic E-state index is 0.923. The number of rotatable bonds is 5. The molecule has 4 rings (SSSR count). The zero-order chi connectivity index (χ0) is 17.2. The van der Waals surface area contributed by atoms with Crippen LogP contribution >= 0.6 is 11.3 Å². The summed E-state index contributed by atoms with van der Waals surface area (Å²) in [5.41, 5.74) is 5.35. The number of benzene rings is 2. The highest BCUT2D eigenvalue weighted by atomic mass is 32.1. The van der Waals surface area contributed by atoms with Gasteiger partial charge >= 0.3 is 0 Å². The number of nitrogens with one attached hydrogen (secondary N) is 1. The van der Waals surface area contributed by atoms with Crippen molar-refractivity contribution in [2.24, 2.45) is 0 Å². The van der Waals surface area contributed by atoms with E-state index in [1.54, 1.807) is 11.3 Å². The summed E-state index contributed by atoms with van der Waals surface area (Å²) in [5, 5.41) is 11.7. The van der Waals surface area contributed by atoms with E-state index in [4.69, 9.17) is 4.98 Å². The molecule has 2 heterocycles. The number of aromatic nitrogens is 3. The van der Waals surface area contributed by atoms with Crippen molar-refractivity contribution < 1.29 is 0 Å². The highest BCUT2D eigenvalue weighted by molar-refractivity contribution is 7.13. The van der Waals surface area contributed by atoms with Gasteiger partial charge in [-0.25, -0.2) is 4.98 Å². The summed E-state index contributed by atoms with van der Waals surface area (Å²) in [7, 11) is 0. The van der Waals surface area contributed by atoms with Crippen LogP contribution in [0.2, 0.25) is 0 Å². The van der Waals surface area contributed by atoms with E-state index in [9.17, 15) is 0 Å². The van der Waals surface area contributed by atoms with Gasteiger partial charge in [-0.15, -0.1) is 11.3 Å². The fourth-order valence-corrected chi connectivity index (χ4v) is 3.90. The molecule has 5 heteroatoms. The van der Waals surface area contributed by atoms with Crippen molar-refractivity contribution in [1.82, 2.24) is 15.2 Å². The van der Waals surface area contributed by atoms with Crippen LogP contribution in [0.3, 0.4) is 0 Å². The predicted octanol–water partition coefficient (Wildman–Crippen LogP) is 5.20. The second kappa shape index (κ2) is 6.69. The third-order valence-electron chi connectivity index (χ3n) is 4.47. The summed E-state index contributed by atoms with van der Waals surface area (Å²) in [6, 6.07) is 16.8. The van der Waals surface area contributed by atoms with Gasteiger partial charge in [0.05, 0.1) is 11.2 Å². The minimum Gasteiger partial charge on any atom is -0.372 e. The molecular formula is C20H20N4S. The van der Waals surface area contributed by atoms with E-state index >= 15 is 0 Å². The average molecular weight is 348 g/mol. The van der Waals surface area contributed by atoms with E-state index in [0.717, 1.165) is 46.0 Å². The van der Waals surface area contributed by atoms with Gasteiger partial charge in [-0.2, -0.15) is 5.10 Å². The molecule has 126 valence electrons. The fourth-order valence-electron chi connectivity index (χ4n) is 3.07. The fraction of sp³-hybridized carbons (Fsp3) is 0.200. The molecule has 25 heavy (non-hydrogen) atoms. The largest absolute Gasteiger partial charge is 0.372 e. The Hall–Kier alpha value is -2.66. The van der Waals surface area contributed by atoms with Crippen molar-refractivity contribution in [3.8, 4) is 22.0 Å². The summed E-state index contributed by atoms with van der Waals surface area (Å²) < 4.78 is 0. The van der Waals surface area contributed by atoms with Gasteiger partial charge in [-0.3, -0.25) is 5.10 Å².